The van der Waals surface area contributed by atoms with Gasteiger partial charge in [0.2, 0.25) is 0 Å². The molecular weight excluding hydrogens is 370 g/mol. The van der Waals surface area contributed by atoms with Gasteiger partial charge >= 0.3 is 6.03 Å². The van der Waals surface area contributed by atoms with Crippen LogP contribution in [0, 0.1) is 0 Å². The van der Waals surface area contributed by atoms with E-state index < -0.39 is 6.03 Å². The number of carbonyl (C=O) groups is 2. The van der Waals surface area contributed by atoms with Crippen LogP contribution in [-0.2, 0) is 13.1 Å². The first-order valence-corrected chi connectivity index (χ1v) is 9.07. The zero-order valence-electron chi connectivity index (χ0n) is 16.3. The number of nitrogens with one attached hydrogen (secondary N) is 3. The van der Waals surface area contributed by atoms with E-state index in [0.717, 1.165) is 11.1 Å². The summed E-state index contributed by atoms with van der Waals surface area (Å²) < 4.78 is 7.24. The molecule has 0 saturated carbocycles. The molecule has 0 aliphatic carbocycles. The van der Waals surface area contributed by atoms with Crippen LogP contribution in [0.1, 0.15) is 21.5 Å². The molecule has 3 aromatic rings. The van der Waals surface area contributed by atoms with E-state index in [-0.39, 0.29) is 5.91 Å². The average molecular weight is 393 g/mol. The highest BCUT2D eigenvalue weighted by Crippen LogP contribution is 2.25. The zero-order chi connectivity index (χ0) is 20.6. The Morgan fingerprint density at radius 2 is 1.97 bits per heavy atom. The summed E-state index contributed by atoms with van der Waals surface area (Å²) in [5.74, 6) is 0.223. The first-order valence-electron chi connectivity index (χ1n) is 9.07. The van der Waals surface area contributed by atoms with E-state index in [9.17, 15) is 9.59 Å². The number of hydrogen-bond donors (Lipinski definition) is 3. The first kappa shape index (κ1) is 19.9. The number of nitrogens with zero attached hydrogens (tertiary/aromatic N) is 2. The van der Waals surface area contributed by atoms with Crippen molar-refractivity contribution < 1.29 is 14.3 Å². The number of ether oxygens (including phenoxy) is 1. The van der Waals surface area contributed by atoms with Crippen LogP contribution in [0.15, 0.2) is 61.2 Å². The lowest BCUT2D eigenvalue weighted by molar-refractivity contribution is 0.0963. The third kappa shape index (κ3) is 5.35. The number of amides is 3. The standard InChI is InChI=1S/C21H23N5O3/c1-22-20(27)17-6-7-19(29-2)18(11-17)25-21(28)24-12-15-4-3-5-16(10-15)13-26-9-8-23-14-26/h3-11,14H,12-13H2,1-2H3,(H,22,27)(H2,24,25,28). The number of rotatable bonds is 7. The largest absolute Gasteiger partial charge is 0.495 e. The lowest BCUT2D eigenvalue weighted by atomic mass is 10.1. The van der Waals surface area contributed by atoms with Crippen molar-refractivity contribution in [1.29, 1.82) is 0 Å². The smallest absolute Gasteiger partial charge is 0.319 e. The maximum atomic E-state index is 12.4. The van der Waals surface area contributed by atoms with Crippen LogP contribution in [0.4, 0.5) is 10.5 Å². The van der Waals surface area contributed by atoms with Gasteiger partial charge in [-0.2, -0.15) is 0 Å². The minimum Gasteiger partial charge on any atom is -0.495 e. The summed E-state index contributed by atoms with van der Waals surface area (Å²) in [6.45, 7) is 1.07. The summed E-state index contributed by atoms with van der Waals surface area (Å²) in [6, 6.07) is 12.4. The average Bonchev–Trinajstić information content (AvgIpc) is 3.25. The number of carbonyl (C=O) groups excluding carboxylic acids is 2. The highest BCUT2D eigenvalue weighted by Gasteiger charge is 2.11. The summed E-state index contributed by atoms with van der Waals surface area (Å²) in [5.41, 5.74) is 2.93. The number of aromatic nitrogens is 2. The second kappa shape index (κ2) is 9.41. The number of benzene rings is 2. The molecule has 0 aliphatic heterocycles. The van der Waals surface area contributed by atoms with Gasteiger partial charge in [-0.1, -0.05) is 24.3 Å². The minimum absolute atomic E-state index is 0.245. The number of methoxy groups -OCH3 is 1. The van der Waals surface area contributed by atoms with E-state index >= 15 is 0 Å². The lowest BCUT2D eigenvalue weighted by Gasteiger charge is -2.13. The predicted molar refractivity (Wildman–Crippen MR) is 110 cm³/mol. The Labute approximate surface area is 168 Å². The molecule has 2 aromatic carbocycles. The van der Waals surface area contributed by atoms with Gasteiger partial charge in [0.25, 0.3) is 5.91 Å². The van der Waals surface area contributed by atoms with Gasteiger partial charge in [0, 0.05) is 38.1 Å². The van der Waals surface area contributed by atoms with Crippen molar-refractivity contribution in [2.45, 2.75) is 13.1 Å². The molecule has 0 bridgehead atoms. The van der Waals surface area contributed by atoms with Gasteiger partial charge in [0.15, 0.2) is 0 Å². The van der Waals surface area contributed by atoms with Crippen LogP contribution in [-0.4, -0.2) is 35.6 Å². The minimum atomic E-state index is -0.391. The monoisotopic (exact) mass is 393 g/mol. The summed E-state index contributed by atoms with van der Waals surface area (Å²) >= 11 is 0. The highest BCUT2D eigenvalue weighted by molar-refractivity contribution is 5.97. The van der Waals surface area contributed by atoms with Gasteiger partial charge in [0.1, 0.15) is 5.75 Å². The quantitative estimate of drug-likeness (QED) is 0.575. The van der Waals surface area contributed by atoms with Crippen molar-refractivity contribution in [3.63, 3.8) is 0 Å². The number of imidazole rings is 1. The third-order valence-electron chi connectivity index (χ3n) is 4.31. The molecule has 0 aliphatic rings. The van der Waals surface area contributed by atoms with Crippen LogP contribution in [0.5, 0.6) is 5.75 Å². The van der Waals surface area contributed by atoms with Gasteiger partial charge in [-0.05, 0) is 29.3 Å². The Morgan fingerprint density at radius 3 is 2.69 bits per heavy atom. The van der Waals surface area contributed by atoms with E-state index in [1.165, 1.54) is 7.11 Å². The third-order valence-corrected chi connectivity index (χ3v) is 4.31. The van der Waals surface area contributed by atoms with Crippen LogP contribution in [0.25, 0.3) is 0 Å². The molecule has 0 fully saturated rings. The second-order valence-corrected chi connectivity index (χ2v) is 6.36. The fourth-order valence-electron chi connectivity index (χ4n) is 2.87. The van der Waals surface area contributed by atoms with Gasteiger partial charge in [-0.3, -0.25) is 4.79 Å². The molecule has 0 radical (unpaired) electrons. The van der Waals surface area contributed by atoms with Crippen LogP contribution < -0.4 is 20.7 Å². The molecule has 3 N–H and O–H groups in total. The van der Waals surface area contributed by atoms with E-state index in [1.54, 1.807) is 37.8 Å². The van der Waals surface area contributed by atoms with Gasteiger partial charge < -0.3 is 25.3 Å². The normalized spacial score (nSPS) is 10.3. The van der Waals surface area contributed by atoms with E-state index in [1.807, 2.05) is 35.0 Å². The summed E-state index contributed by atoms with van der Waals surface area (Å²) in [7, 11) is 3.05. The Hall–Kier alpha value is -3.81. The number of urea groups is 1. The molecule has 1 heterocycles. The van der Waals surface area contributed by atoms with Crippen molar-refractivity contribution in [2.24, 2.45) is 0 Å². The van der Waals surface area contributed by atoms with Crippen LogP contribution >= 0.6 is 0 Å². The summed E-state index contributed by atoms with van der Waals surface area (Å²) in [4.78, 5) is 28.2. The van der Waals surface area contributed by atoms with E-state index in [4.69, 9.17) is 4.74 Å². The maximum Gasteiger partial charge on any atom is 0.319 e. The Morgan fingerprint density at radius 1 is 1.14 bits per heavy atom. The number of anilines is 1. The van der Waals surface area contributed by atoms with Crippen molar-refractivity contribution in [2.75, 3.05) is 19.5 Å². The Balaban J connectivity index is 1.62. The SMILES string of the molecule is CNC(=O)c1ccc(OC)c(NC(=O)NCc2cccc(Cn3ccnc3)c2)c1. The fourth-order valence-corrected chi connectivity index (χ4v) is 2.87. The van der Waals surface area contributed by atoms with Crippen LogP contribution in [0.2, 0.25) is 0 Å². The molecule has 8 heteroatoms. The fraction of sp³-hybridized carbons (Fsp3) is 0.190. The summed E-state index contributed by atoms with van der Waals surface area (Å²) in [5, 5.41) is 8.11. The molecule has 1 aromatic heterocycles. The Bertz CT molecular complexity index is 986. The molecular formula is C21H23N5O3. The number of hydrogen-bond acceptors (Lipinski definition) is 4. The Kier molecular flexibility index (Phi) is 6.47. The molecule has 29 heavy (non-hydrogen) atoms. The van der Waals surface area contributed by atoms with Gasteiger partial charge in [-0.25, -0.2) is 9.78 Å². The molecule has 150 valence electrons. The van der Waals surface area contributed by atoms with E-state index in [2.05, 4.69) is 20.9 Å². The first-order chi connectivity index (χ1) is 14.1. The second-order valence-electron chi connectivity index (χ2n) is 6.36. The van der Waals surface area contributed by atoms with Gasteiger partial charge in [-0.15, -0.1) is 0 Å². The molecule has 3 rings (SSSR count). The maximum absolute atomic E-state index is 12.4. The highest BCUT2D eigenvalue weighted by atomic mass is 16.5. The zero-order valence-corrected chi connectivity index (χ0v) is 16.3. The topological polar surface area (TPSA) is 97.3 Å². The van der Waals surface area contributed by atoms with Crippen LogP contribution in [0.3, 0.4) is 0 Å². The molecule has 0 atom stereocenters. The summed E-state index contributed by atoms with van der Waals surface area (Å²) in [6.07, 6.45) is 5.40. The van der Waals surface area contributed by atoms with Crippen molar-refractivity contribution >= 4 is 17.6 Å². The molecule has 0 unspecified atom stereocenters. The molecule has 0 spiro atoms. The molecule has 8 nitrogen and oxygen atoms in total. The van der Waals surface area contributed by atoms with Crippen molar-refractivity contribution in [1.82, 2.24) is 20.2 Å². The molecule has 3 amide bonds. The van der Waals surface area contributed by atoms with Crippen molar-refractivity contribution in [3.8, 4) is 5.75 Å². The predicted octanol–water partition coefficient (Wildman–Crippen LogP) is 2.62. The van der Waals surface area contributed by atoms with Crippen molar-refractivity contribution in [3.05, 3.63) is 77.9 Å². The lowest BCUT2D eigenvalue weighted by Crippen LogP contribution is -2.28. The van der Waals surface area contributed by atoms with E-state index in [0.29, 0.717) is 30.1 Å². The van der Waals surface area contributed by atoms with Gasteiger partial charge in [0.05, 0.1) is 19.1 Å². The molecule has 0 saturated heterocycles.